The molecule has 0 saturated carbocycles. The Labute approximate surface area is 80.6 Å². The molecule has 0 aliphatic rings. The maximum atomic E-state index is 10.4. The molecule has 0 fully saturated rings. The van der Waals surface area contributed by atoms with Crippen LogP contribution in [0.5, 0.6) is 5.75 Å². The van der Waals surface area contributed by atoms with E-state index in [1.807, 2.05) is 0 Å². The summed E-state index contributed by atoms with van der Waals surface area (Å²) in [6.45, 7) is 1.67. The van der Waals surface area contributed by atoms with Crippen molar-refractivity contribution in [3.8, 4) is 5.75 Å². The second kappa shape index (κ2) is 3.66. The zero-order chi connectivity index (χ0) is 10.0. The highest BCUT2D eigenvalue weighted by Crippen LogP contribution is 2.26. The molecule has 3 nitrogen and oxygen atoms in total. The first-order valence-corrected chi connectivity index (χ1v) is 4.08. The van der Waals surface area contributed by atoms with Crippen LogP contribution in [-0.4, -0.2) is 16.2 Å². The normalized spacial score (nSPS) is 10.0. The molecule has 0 bridgehead atoms. The summed E-state index contributed by atoms with van der Waals surface area (Å²) >= 11 is 5.70. The third-order valence-electron chi connectivity index (χ3n) is 1.69. The Bertz CT molecular complexity index is 347. The van der Waals surface area contributed by atoms with Gasteiger partial charge in [-0.25, -0.2) is 0 Å². The molecule has 0 aliphatic carbocycles. The van der Waals surface area contributed by atoms with E-state index < -0.39 is 5.97 Å². The van der Waals surface area contributed by atoms with Crippen LogP contribution < -0.4 is 0 Å². The molecule has 1 rings (SSSR count). The summed E-state index contributed by atoms with van der Waals surface area (Å²) in [6, 6.07) is 3.04. The number of aryl methyl sites for hydroxylation is 1. The molecule has 0 unspecified atom stereocenters. The molecule has 0 amide bonds. The van der Waals surface area contributed by atoms with Gasteiger partial charge in [0.1, 0.15) is 5.75 Å². The van der Waals surface area contributed by atoms with Crippen LogP contribution >= 0.6 is 11.6 Å². The topological polar surface area (TPSA) is 57.5 Å². The van der Waals surface area contributed by atoms with Crippen molar-refractivity contribution in [2.24, 2.45) is 0 Å². The SMILES string of the molecule is Cc1cc(Cl)cc(CC(=O)O)c1O. The van der Waals surface area contributed by atoms with Crippen LogP contribution in [0, 0.1) is 6.92 Å². The number of halogens is 1. The predicted molar refractivity (Wildman–Crippen MR) is 49.2 cm³/mol. The van der Waals surface area contributed by atoms with E-state index >= 15 is 0 Å². The van der Waals surface area contributed by atoms with E-state index in [1.54, 1.807) is 13.0 Å². The van der Waals surface area contributed by atoms with Crippen LogP contribution in [0.3, 0.4) is 0 Å². The van der Waals surface area contributed by atoms with E-state index in [0.29, 0.717) is 16.1 Å². The second-order valence-corrected chi connectivity index (χ2v) is 3.24. The van der Waals surface area contributed by atoms with Crippen molar-refractivity contribution in [1.82, 2.24) is 0 Å². The number of aromatic hydroxyl groups is 1. The van der Waals surface area contributed by atoms with Crippen LogP contribution in [-0.2, 0) is 11.2 Å². The average molecular weight is 201 g/mol. The lowest BCUT2D eigenvalue weighted by atomic mass is 10.1. The second-order valence-electron chi connectivity index (χ2n) is 2.80. The molecule has 0 radical (unpaired) electrons. The highest BCUT2D eigenvalue weighted by atomic mass is 35.5. The summed E-state index contributed by atoms with van der Waals surface area (Å²) in [7, 11) is 0. The van der Waals surface area contributed by atoms with Crippen LogP contribution in [0.15, 0.2) is 12.1 Å². The van der Waals surface area contributed by atoms with E-state index in [4.69, 9.17) is 16.7 Å². The lowest BCUT2D eigenvalue weighted by Gasteiger charge is -2.05. The fraction of sp³-hybridized carbons (Fsp3) is 0.222. The van der Waals surface area contributed by atoms with Gasteiger partial charge in [-0.1, -0.05) is 11.6 Å². The number of phenolic OH excluding ortho intramolecular Hbond substituents is 1. The fourth-order valence-corrected chi connectivity index (χ4v) is 1.40. The number of hydrogen-bond acceptors (Lipinski definition) is 2. The highest BCUT2D eigenvalue weighted by Gasteiger charge is 2.09. The smallest absolute Gasteiger partial charge is 0.307 e. The third kappa shape index (κ3) is 2.36. The monoisotopic (exact) mass is 200 g/mol. The zero-order valence-corrected chi connectivity index (χ0v) is 7.80. The molecule has 13 heavy (non-hydrogen) atoms. The number of aliphatic carboxylic acids is 1. The van der Waals surface area contributed by atoms with E-state index in [1.165, 1.54) is 6.07 Å². The minimum Gasteiger partial charge on any atom is -0.507 e. The summed E-state index contributed by atoms with van der Waals surface area (Å²) in [5.41, 5.74) is 0.932. The largest absolute Gasteiger partial charge is 0.507 e. The lowest BCUT2D eigenvalue weighted by Crippen LogP contribution is -2.00. The molecule has 4 heteroatoms. The Kier molecular flexibility index (Phi) is 2.78. The lowest BCUT2D eigenvalue weighted by molar-refractivity contribution is -0.136. The van der Waals surface area contributed by atoms with Gasteiger partial charge in [-0.3, -0.25) is 4.79 Å². The Morgan fingerprint density at radius 3 is 2.69 bits per heavy atom. The first kappa shape index (κ1) is 9.86. The van der Waals surface area contributed by atoms with E-state index in [9.17, 15) is 9.90 Å². The highest BCUT2D eigenvalue weighted by molar-refractivity contribution is 6.30. The van der Waals surface area contributed by atoms with Crippen LogP contribution in [0.1, 0.15) is 11.1 Å². The van der Waals surface area contributed by atoms with Crippen molar-refractivity contribution in [3.05, 3.63) is 28.3 Å². The molecule has 70 valence electrons. The van der Waals surface area contributed by atoms with Crippen molar-refractivity contribution in [2.45, 2.75) is 13.3 Å². The Morgan fingerprint density at radius 2 is 2.15 bits per heavy atom. The fourth-order valence-electron chi connectivity index (χ4n) is 1.10. The van der Waals surface area contributed by atoms with Crippen molar-refractivity contribution in [3.63, 3.8) is 0 Å². The summed E-state index contributed by atoms with van der Waals surface area (Å²) < 4.78 is 0. The number of rotatable bonds is 2. The summed E-state index contributed by atoms with van der Waals surface area (Å²) in [5.74, 6) is -0.983. The molecule has 0 atom stereocenters. The van der Waals surface area contributed by atoms with Crippen molar-refractivity contribution < 1.29 is 15.0 Å². The number of benzene rings is 1. The van der Waals surface area contributed by atoms with E-state index in [0.717, 1.165) is 0 Å². The van der Waals surface area contributed by atoms with Gasteiger partial charge in [0.25, 0.3) is 0 Å². The Balaban J connectivity index is 3.12. The van der Waals surface area contributed by atoms with Crippen molar-refractivity contribution in [2.75, 3.05) is 0 Å². The number of carboxylic acids is 1. The van der Waals surface area contributed by atoms with Crippen molar-refractivity contribution in [1.29, 1.82) is 0 Å². The minimum absolute atomic E-state index is 0.00630. The Hall–Kier alpha value is -1.22. The van der Waals surface area contributed by atoms with Gasteiger partial charge in [0, 0.05) is 10.6 Å². The first-order valence-electron chi connectivity index (χ1n) is 3.70. The zero-order valence-electron chi connectivity index (χ0n) is 7.04. The van der Waals surface area contributed by atoms with Gasteiger partial charge in [0.15, 0.2) is 0 Å². The number of carboxylic acid groups (broad SMARTS) is 1. The number of carbonyl (C=O) groups is 1. The van der Waals surface area contributed by atoms with Gasteiger partial charge in [0.2, 0.25) is 0 Å². The van der Waals surface area contributed by atoms with Crippen molar-refractivity contribution >= 4 is 17.6 Å². The van der Waals surface area contributed by atoms with Gasteiger partial charge < -0.3 is 10.2 Å². The maximum Gasteiger partial charge on any atom is 0.307 e. The summed E-state index contributed by atoms with van der Waals surface area (Å²) in [6.07, 6.45) is -0.215. The summed E-state index contributed by atoms with van der Waals surface area (Å²) in [5, 5.41) is 18.4. The standard InChI is InChI=1S/C9H9ClO3/c1-5-2-7(10)3-6(9(5)13)4-8(11)12/h2-3,13H,4H2,1H3,(H,11,12). The number of phenols is 1. The quantitative estimate of drug-likeness (QED) is 0.768. The molecule has 2 N–H and O–H groups in total. The van der Waals surface area contributed by atoms with E-state index in [-0.39, 0.29) is 12.2 Å². The molecule has 0 aliphatic heterocycles. The molecule has 0 heterocycles. The molecule has 0 spiro atoms. The van der Waals surface area contributed by atoms with Gasteiger partial charge >= 0.3 is 5.97 Å². The molecule has 1 aromatic rings. The molecule has 0 aromatic heterocycles. The van der Waals surface area contributed by atoms with Gasteiger partial charge in [0.05, 0.1) is 6.42 Å². The Morgan fingerprint density at radius 1 is 1.54 bits per heavy atom. The number of hydrogen-bond donors (Lipinski definition) is 2. The molecular formula is C9H9ClO3. The average Bonchev–Trinajstić information content (AvgIpc) is 1.98. The minimum atomic E-state index is -0.989. The summed E-state index contributed by atoms with van der Waals surface area (Å²) in [4.78, 5) is 10.4. The third-order valence-corrected chi connectivity index (χ3v) is 1.90. The van der Waals surface area contributed by atoms with Crippen LogP contribution in [0.4, 0.5) is 0 Å². The first-order chi connectivity index (χ1) is 6.00. The predicted octanol–water partition coefficient (Wildman–Crippen LogP) is 1.98. The van der Waals surface area contributed by atoms with Crippen LogP contribution in [0.2, 0.25) is 5.02 Å². The van der Waals surface area contributed by atoms with Crippen LogP contribution in [0.25, 0.3) is 0 Å². The van der Waals surface area contributed by atoms with Gasteiger partial charge in [-0.15, -0.1) is 0 Å². The van der Waals surface area contributed by atoms with Gasteiger partial charge in [-0.05, 0) is 24.6 Å². The molecule has 1 aromatic carbocycles. The maximum absolute atomic E-state index is 10.4. The molecular weight excluding hydrogens is 192 g/mol. The van der Waals surface area contributed by atoms with Gasteiger partial charge in [-0.2, -0.15) is 0 Å². The van der Waals surface area contributed by atoms with E-state index in [2.05, 4.69) is 0 Å². The molecule has 0 saturated heterocycles.